The van der Waals surface area contributed by atoms with Crippen LogP contribution in [0.5, 0.6) is 0 Å². The monoisotopic (exact) mass is 322 g/mol. The summed E-state index contributed by atoms with van der Waals surface area (Å²) in [5.74, 6) is 0. The number of benzene rings is 1. The van der Waals surface area contributed by atoms with Crippen LogP contribution in [0, 0.1) is 0 Å². The molecule has 2 heterocycles. The molecule has 0 amide bonds. The largest absolute Gasteiger partial charge is 0.298 e. The Balaban J connectivity index is 2.11. The number of rotatable bonds is 3. The number of carbonyl (C=O) groups is 1. The van der Waals surface area contributed by atoms with Crippen molar-refractivity contribution in [2.24, 2.45) is 0 Å². The van der Waals surface area contributed by atoms with Crippen molar-refractivity contribution in [1.82, 2.24) is 9.78 Å². The van der Waals surface area contributed by atoms with Crippen LogP contribution < -0.4 is 0 Å². The van der Waals surface area contributed by atoms with E-state index in [0.717, 1.165) is 16.9 Å². The van der Waals surface area contributed by atoms with Crippen molar-refractivity contribution in [3.8, 4) is 16.3 Å². The highest BCUT2D eigenvalue weighted by molar-refractivity contribution is 7.13. The van der Waals surface area contributed by atoms with Gasteiger partial charge in [-0.3, -0.25) is 4.79 Å². The molecule has 0 unspecified atom stereocenters. The first-order valence-corrected chi connectivity index (χ1v) is 7.37. The van der Waals surface area contributed by atoms with E-state index in [1.165, 1.54) is 11.3 Å². The van der Waals surface area contributed by atoms with Gasteiger partial charge in [-0.25, -0.2) is 4.68 Å². The molecule has 6 heteroatoms. The fourth-order valence-corrected chi connectivity index (χ4v) is 2.86. The van der Waals surface area contributed by atoms with E-state index >= 15 is 0 Å². The van der Waals surface area contributed by atoms with Crippen LogP contribution in [0.3, 0.4) is 0 Å². The molecule has 3 nitrogen and oxygen atoms in total. The van der Waals surface area contributed by atoms with E-state index in [-0.39, 0.29) is 0 Å². The van der Waals surface area contributed by atoms with Crippen molar-refractivity contribution in [2.45, 2.75) is 0 Å². The second-order valence-corrected chi connectivity index (χ2v) is 5.83. The predicted molar refractivity (Wildman–Crippen MR) is 82.3 cm³/mol. The Morgan fingerprint density at radius 1 is 1.20 bits per heavy atom. The van der Waals surface area contributed by atoms with Crippen LogP contribution in [0.4, 0.5) is 0 Å². The molecule has 0 aliphatic heterocycles. The normalized spacial score (nSPS) is 10.7. The van der Waals surface area contributed by atoms with Gasteiger partial charge in [0.1, 0.15) is 5.69 Å². The summed E-state index contributed by atoms with van der Waals surface area (Å²) in [6, 6.07) is 9.07. The van der Waals surface area contributed by atoms with Crippen LogP contribution in [-0.4, -0.2) is 16.1 Å². The number of hydrogen-bond acceptors (Lipinski definition) is 3. The lowest BCUT2D eigenvalue weighted by Gasteiger charge is -2.02. The van der Waals surface area contributed by atoms with Gasteiger partial charge >= 0.3 is 0 Å². The van der Waals surface area contributed by atoms with Crippen molar-refractivity contribution in [2.75, 3.05) is 0 Å². The molecule has 0 N–H and O–H groups in total. The molecule has 0 fully saturated rings. The minimum absolute atomic E-state index is 0.449. The third-order valence-corrected chi connectivity index (χ3v) is 4.41. The van der Waals surface area contributed by atoms with E-state index in [2.05, 4.69) is 5.10 Å². The SMILES string of the molecule is O=Cc1cn(-c2ccc(Cl)c(Cl)c2)nc1-c1cccs1. The van der Waals surface area contributed by atoms with E-state index < -0.39 is 0 Å². The number of nitrogens with zero attached hydrogens (tertiary/aromatic N) is 2. The van der Waals surface area contributed by atoms with Crippen LogP contribution in [0.1, 0.15) is 10.4 Å². The van der Waals surface area contributed by atoms with E-state index in [4.69, 9.17) is 23.2 Å². The fourth-order valence-electron chi connectivity index (χ4n) is 1.84. The molecule has 20 heavy (non-hydrogen) atoms. The third-order valence-electron chi connectivity index (χ3n) is 2.79. The Morgan fingerprint density at radius 3 is 2.70 bits per heavy atom. The van der Waals surface area contributed by atoms with Crippen molar-refractivity contribution in [3.05, 3.63) is 57.5 Å². The molecule has 3 rings (SSSR count). The van der Waals surface area contributed by atoms with Gasteiger partial charge in [0.15, 0.2) is 6.29 Å². The number of carbonyl (C=O) groups excluding carboxylic acids is 1. The molecule has 100 valence electrons. The fraction of sp³-hybridized carbons (Fsp3) is 0. The highest BCUT2D eigenvalue weighted by Crippen LogP contribution is 2.28. The standard InChI is InChI=1S/C14H8Cl2N2OS/c15-11-4-3-10(6-12(11)16)18-7-9(8-19)14(17-18)13-2-1-5-20-13/h1-8H. The maximum Gasteiger partial charge on any atom is 0.153 e. The zero-order chi connectivity index (χ0) is 14.1. The van der Waals surface area contributed by atoms with E-state index in [1.807, 2.05) is 17.5 Å². The Bertz CT molecular complexity index is 766. The first-order valence-electron chi connectivity index (χ1n) is 5.73. The van der Waals surface area contributed by atoms with E-state index in [9.17, 15) is 4.79 Å². The summed E-state index contributed by atoms with van der Waals surface area (Å²) in [7, 11) is 0. The van der Waals surface area contributed by atoms with Crippen LogP contribution >= 0.6 is 34.5 Å². The summed E-state index contributed by atoms with van der Waals surface area (Å²) in [5.41, 5.74) is 1.96. The zero-order valence-corrected chi connectivity index (χ0v) is 12.4. The number of thiophene rings is 1. The molecule has 0 saturated carbocycles. The lowest BCUT2D eigenvalue weighted by atomic mass is 10.2. The van der Waals surface area contributed by atoms with Gasteiger partial charge in [0, 0.05) is 6.20 Å². The van der Waals surface area contributed by atoms with Gasteiger partial charge in [-0.1, -0.05) is 29.3 Å². The summed E-state index contributed by atoms with van der Waals surface area (Å²) in [5, 5.41) is 7.34. The number of aromatic nitrogens is 2. The summed E-state index contributed by atoms with van der Waals surface area (Å²) in [6.45, 7) is 0. The van der Waals surface area contributed by atoms with Gasteiger partial charge in [0.25, 0.3) is 0 Å². The van der Waals surface area contributed by atoms with Gasteiger partial charge in [-0.15, -0.1) is 11.3 Å². The minimum Gasteiger partial charge on any atom is -0.298 e. The van der Waals surface area contributed by atoms with Gasteiger partial charge in [0.05, 0.1) is 26.2 Å². The van der Waals surface area contributed by atoms with Crippen LogP contribution in [-0.2, 0) is 0 Å². The Morgan fingerprint density at radius 2 is 2.05 bits per heavy atom. The average Bonchev–Trinajstić information content (AvgIpc) is 3.09. The second-order valence-electron chi connectivity index (χ2n) is 4.07. The summed E-state index contributed by atoms with van der Waals surface area (Å²) in [6.07, 6.45) is 2.48. The van der Waals surface area contributed by atoms with E-state index in [0.29, 0.717) is 21.3 Å². The lowest BCUT2D eigenvalue weighted by molar-refractivity contribution is 0.112. The molecule has 3 aromatic rings. The lowest BCUT2D eigenvalue weighted by Crippen LogP contribution is -1.94. The first-order chi connectivity index (χ1) is 9.69. The van der Waals surface area contributed by atoms with Crippen LogP contribution in [0.2, 0.25) is 10.0 Å². The molecule has 0 aliphatic rings. The molecule has 0 radical (unpaired) electrons. The Labute approximate surface area is 129 Å². The minimum atomic E-state index is 0.449. The quantitative estimate of drug-likeness (QED) is 0.654. The third kappa shape index (κ3) is 2.38. The number of aldehydes is 1. The van der Waals surface area contributed by atoms with Crippen LogP contribution in [0.15, 0.2) is 41.9 Å². The first kappa shape index (κ1) is 13.4. The van der Waals surface area contributed by atoms with Gasteiger partial charge < -0.3 is 0 Å². The van der Waals surface area contributed by atoms with Crippen molar-refractivity contribution >= 4 is 40.8 Å². The van der Waals surface area contributed by atoms with Crippen molar-refractivity contribution in [3.63, 3.8) is 0 Å². The maximum absolute atomic E-state index is 11.2. The molecular formula is C14H8Cl2N2OS. The predicted octanol–water partition coefficient (Wildman–Crippen LogP) is 4.72. The maximum atomic E-state index is 11.2. The van der Waals surface area contributed by atoms with Crippen molar-refractivity contribution in [1.29, 1.82) is 0 Å². The summed E-state index contributed by atoms with van der Waals surface area (Å²) >= 11 is 13.4. The topological polar surface area (TPSA) is 34.9 Å². The molecule has 0 aliphatic carbocycles. The summed E-state index contributed by atoms with van der Waals surface area (Å²) < 4.78 is 1.63. The molecule has 0 saturated heterocycles. The number of hydrogen-bond donors (Lipinski definition) is 0. The average molecular weight is 323 g/mol. The highest BCUT2D eigenvalue weighted by atomic mass is 35.5. The van der Waals surface area contributed by atoms with Crippen LogP contribution in [0.25, 0.3) is 16.3 Å². The number of halogens is 2. The Hall–Kier alpha value is -1.62. The zero-order valence-electron chi connectivity index (χ0n) is 10.1. The molecular weight excluding hydrogens is 315 g/mol. The summed E-state index contributed by atoms with van der Waals surface area (Å²) in [4.78, 5) is 12.1. The van der Waals surface area contributed by atoms with E-state index in [1.54, 1.807) is 29.1 Å². The highest BCUT2D eigenvalue weighted by Gasteiger charge is 2.13. The molecule has 0 spiro atoms. The second kappa shape index (κ2) is 5.40. The molecule has 1 aromatic carbocycles. The molecule has 2 aromatic heterocycles. The van der Waals surface area contributed by atoms with Crippen molar-refractivity contribution < 1.29 is 4.79 Å². The van der Waals surface area contributed by atoms with Gasteiger partial charge in [-0.2, -0.15) is 5.10 Å². The molecule has 0 atom stereocenters. The smallest absolute Gasteiger partial charge is 0.153 e. The Kier molecular flexibility index (Phi) is 3.61. The van der Waals surface area contributed by atoms with Gasteiger partial charge in [-0.05, 0) is 29.6 Å². The van der Waals surface area contributed by atoms with Gasteiger partial charge in [0.2, 0.25) is 0 Å². The molecule has 0 bridgehead atoms.